The first-order valence-electron chi connectivity index (χ1n) is 6.67. The van der Waals surface area contributed by atoms with E-state index >= 15 is 0 Å². The molecular formula is C14H18N2O6. The Hall–Kier alpha value is -2.61. The fourth-order valence-corrected chi connectivity index (χ4v) is 1.80. The number of carboxylic acids is 1. The molecule has 0 fully saturated rings. The molecule has 1 unspecified atom stereocenters. The molecule has 8 nitrogen and oxygen atoms in total. The van der Waals surface area contributed by atoms with Gasteiger partial charge < -0.3 is 9.94 Å². The number of carbonyl (C=O) groups excluding carboxylic acids is 2. The highest BCUT2D eigenvalue weighted by Crippen LogP contribution is 2.16. The van der Waals surface area contributed by atoms with Gasteiger partial charge in [-0.25, -0.2) is 5.48 Å². The summed E-state index contributed by atoms with van der Waals surface area (Å²) in [6, 6.07) is 8.51. The molecule has 3 N–H and O–H groups in total. The van der Waals surface area contributed by atoms with Gasteiger partial charge in [-0.05, 0) is 19.1 Å². The summed E-state index contributed by atoms with van der Waals surface area (Å²) in [6.45, 7) is 1.83. The predicted molar refractivity (Wildman–Crippen MR) is 74.7 cm³/mol. The minimum absolute atomic E-state index is 0.171. The number of hydrogen-bond acceptors (Lipinski definition) is 5. The quantitative estimate of drug-likeness (QED) is 0.483. The molecule has 0 aliphatic heterocycles. The molecule has 0 aromatic heterocycles. The van der Waals surface area contributed by atoms with Crippen LogP contribution < -0.4 is 10.3 Å². The number of carboxylic acid groups (broad SMARTS) is 1. The number of aliphatic carboxylic acids is 1. The van der Waals surface area contributed by atoms with Crippen LogP contribution in [0.3, 0.4) is 0 Å². The van der Waals surface area contributed by atoms with E-state index in [2.05, 4.69) is 0 Å². The third-order valence-electron chi connectivity index (χ3n) is 2.82. The van der Waals surface area contributed by atoms with Crippen LogP contribution in [0.25, 0.3) is 0 Å². The van der Waals surface area contributed by atoms with Crippen molar-refractivity contribution in [3.63, 3.8) is 0 Å². The number of hydroxylamine groups is 3. The maximum absolute atomic E-state index is 12.3. The molecule has 0 bridgehead atoms. The molecule has 0 spiro atoms. The number of para-hydroxylation sites is 1. The van der Waals surface area contributed by atoms with Crippen molar-refractivity contribution in [3.05, 3.63) is 30.3 Å². The van der Waals surface area contributed by atoms with Crippen LogP contribution >= 0.6 is 0 Å². The molecule has 0 aliphatic carbocycles. The van der Waals surface area contributed by atoms with E-state index in [9.17, 15) is 14.4 Å². The molecule has 1 aromatic carbocycles. The molecule has 8 heteroatoms. The number of benzene rings is 1. The van der Waals surface area contributed by atoms with Crippen molar-refractivity contribution in [1.29, 1.82) is 0 Å². The molecule has 0 saturated carbocycles. The molecule has 120 valence electrons. The Morgan fingerprint density at radius 3 is 2.36 bits per heavy atom. The Balaban J connectivity index is 2.83. The molecular weight excluding hydrogens is 292 g/mol. The highest BCUT2D eigenvalue weighted by atomic mass is 16.7. The van der Waals surface area contributed by atoms with Gasteiger partial charge in [0, 0.05) is 6.42 Å². The van der Waals surface area contributed by atoms with Gasteiger partial charge in [0.1, 0.15) is 0 Å². The van der Waals surface area contributed by atoms with Gasteiger partial charge in [-0.15, -0.1) is 0 Å². The lowest BCUT2D eigenvalue weighted by molar-refractivity contribution is -0.165. The number of rotatable bonds is 8. The SMILES string of the molecule is CCN(Oc1ccccc1)C(=O)C(CC(=O)O)CC(=O)NO. The maximum Gasteiger partial charge on any atom is 0.304 e. The number of carbonyl (C=O) groups is 3. The summed E-state index contributed by atoms with van der Waals surface area (Å²) >= 11 is 0. The Bertz CT molecular complexity index is 519. The van der Waals surface area contributed by atoms with Gasteiger partial charge in [-0.3, -0.25) is 19.6 Å². The highest BCUT2D eigenvalue weighted by Gasteiger charge is 2.29. The van der Waals surface area contributed by atoms with Crippen LogP contribution in [0.2, 0.25) is 0 Å². The largest absolute Gasteiger partial charge is 0.481 e. The van der Waals surface area contributed by atoms with E-state index in [-0.39, 0.29) is 6.54 Å². The standard InChI is InChI=1S/C14H18N2O6/c1-2-16(22-11-6-4-3-5-7-11)14(20)10(9-13(18)19)8-12(17)15-21/h3-7,10,21H,2,8-9H2,1H3,(H,15,17)(H,18,19). The summed E-state index contributed by atoms with van der Waals surface area (Å²) < 4.78 is 0. The van der Waals surface area contributed by atoms with E-state index in [4.69, 9.17) is 15.2 Å². The van der Waals surface area contributed by atoms with E-state index in [1.807, 2.05) is 0 Å². The molecule has 22 heavy (non-hydrogen) atoms. The molecule has 0 heterocycles. The van der Waals surface area contributed by atoms with Gasteiger partial charge in [-0.1, -0.05) is 18.2 Å². The molecule has 0 aliphatic rings. The lowest BCUT2D eigenvalue weighted by Gasteiger charge is -2.24. The van der Waals surface area contributed by atoms with Crippen molar-refractivity contribution in [2.24, 2.45) is 5.92 Å². The van der Waals surface area contributed by atoms with Gasteiger partial charge in [0.2, 0.25) is 5.91 Å². The second-order valence-electron chi connectivity index (χ2n) is 4.47. The zero-order valence-electron chi connectivity index (χ0n) is 12.1. The third-order valence-corrected chi connectivity index (χ3v) is 2.82. The van der Waals surface area contributed by atoms with Gasteiger partial charge >= 0.3 is 5.97 Å². The minimum atomic E-state index is -1.22. The van der Waals surface area contributed by atoms with Crippen LogP contribution in [0.5, 0.6) is 5.75 Å². The summed E-state index contributed by atoms with van der Waals surface area (Å²) in [5.41, 5.74) is 1.39. The van der Waals surface area contributed by atoms with Crippen LogP contribution in [0, 0.1) is 5.92 Å². The van der Waals surface area contributed by atoms with Gasteiger partial charge in [0.25, 0.3) is 5.91 Å². The van der Waals surface area contributed by atoms with Crippen molar-refractivity contribution < 1.29 is 29.5 Å². The highest BCUT2D eigenvalue weighted by molar-refractivity contribution is 5.87. The van der Waals surface area contributed by atoms with E-state index in [0.29, 0.717) is 5.75 Å². The van der Waals surface area contributed by atoms with Crippen molar-refractivity contribution in [3.8, 4) is 5.75 Å². The van der Waals surface area contributed by atoms with E-state index in [1.54, 1.807) is 37.3 Å². The van der Waals surface area contributed by atoms with Crippen LogP contribution in [-0.2, 0) is 14.4 Å². The molecule has 0 radical (unpaired) electrons. The lowest BCUT2D eigenvalue weighted by Crippen LogP contribution is -2.41. The number of nitrogens with one attached hydrogen (secondary N) is 1. The molecule has 2 amide bonds. The summed E-state index contributed by atoms with van der Waals surface area (Å²) in [5.74, 6) is -3.42. The summed E-state index contributed by atoms with van der Waals surface area (Å²) in [6.07, 6.45) is -0.989. The van der Waals surface area contributed by atoms with E-state index in [0.717, 1.165) is 5.06 Å². The molecule has 1 aromatic rings. The van der Waals surface area contributed by atoms with Gasteiger partial charge in [0.15, 0.2) is 5.75 Å². The van der Waals surface area contributed by atoms with Crippen molar-refractivity contribution in [2.75, 3.05) is 6.54 Å². The first-order valence-corrected chi connectivity index (χ1v) is 6.67. The summed E-state index contributed by atoms with van der Waals surface area (Å²) in [7, 11) is 0. The van der Waals surface area contributed by atoms with Crippen LogP contribution in [0.4, 0.5) is 0 Å². The maximum atomic E-state index is 12.3. The average Bonchev–Trinajstić information content (AvgIpc) is 2.51. The fourth-order valence-electron chi connectivity index (χ4n) is 1.80. The van der Waals surface area contributed by atoms with Crippen molar-refractivity contribution in [1.82, 2.24) is 10.5 Å². The molecule has 1 rings (SSSR count). The first-order chi connectivity index (χ1) is 10.5. The monoisotopic (exact) mass is 310 g/mol. The van der Waals surface area contributed by atoms with Crippen molar-refractivity contribution >= 4 is 17.8 Å². The molecule has 1 atom stereocenters. The zero-order valence-corrected chi connectivity index (χ0v) is 12.1. The van der Waals surface area contributed by atoms with E-state index in [1.165, 1.54) is 5.48 Å². The Labute approximate surface area is 127 Å². The summed E-state index contributed by atoms with van der Waals surface area (Å²) in [5, 5.41) is 18.4. The smallest absolute Gasteiger partial charge is 0.304 e. The first kappa shape index (κ1) is 17.4. The third kappa shape index (κ3) is 5.41. The average molecular weight is 310 g/mol. The molecule has 0 saturated heterocycles. The second-order valence-corrected chi connectivity index (χ2v) is 4.47. The number of hydrogen-bond donors (Lipinski definition) is 3. The normalized spacial score (nSPS) is 11.4. The van der Waals surface area contributed by atoms with E-state index < -0.39 is 36.5 Å². The van der Waals surface area contributed by atoms with Crippen LogP contribution in [0.15, 0.2) is 30.3 Å². The van der Waals surface area contributed by atoms with Gasteiger partial charge in [-0.2, -0.15) is 5.06 Å². The summed E-state index contributed by atoms with van der Waals surface area (Å²) in [4.78, 5) is 39.8. The fraction of sp³-hybridized carbons (Fsp3) is 0.357. The Morgan fingerprint density at radius 1 is 1.23 bits per heavy atom. The minimum Gasteiger partial charge on any atom is -0.481 e. The Morgan fingerprint density at radius 2 is 1.86 bits per heavy atom. The topological polar surface area (TPSA) is 116 Å². The van der Waals surface area contributed by atoms with Crippen molar-refractivity contribution in [2.45, 2.75) is 19.8 Å². The predicted octanol–water partition coefficient (Wildman–Crippen LogP) is 0.815. The number of nitrogens with zero attached hydrogens (tertiary/aromatic N) is 1. The van der Waals surface area contributed by atoms with Gasteiger partial charge in [0.05, 0.1) is 18.9 Å². The lowest BCUT2D eigenvalue weighted by atomic mass is 10.00. The second kappa shape index (κ2) is 8.63. The number of amides is 2. The van der Waals surface area contributed by atoms with Crippen LogP contribution in [0.1, 0.15) is 19.8 Å². The Kier molecular flexibility index (Phi) is 6.84. The van der Waals surface area contributed by atoms with Crippen LogP contribution in [-0.4, -0.2) is 39.7 Å². The zero-order chi connectivity index (χ0) is 16.5.